The van der Waals surface area contributed by atoms with E-state index in [1.165, 1.54) is 0 Å². The van der Waals surface area contributed by atoms with Crippen molar-refractivity contribution in [2.24, 2.45) is 0 Å². The van der Waals surface area contributed by atoms with Crippen molar-refractivity contribution in [2.45, 2.75) is 6.92 Å². The van der Waals surface area contributed by atoms with E-state index in [1.54, 1.807) is 6.92 Å². The topological polar surface area (TPSA) is 20.2 Å². The van der Waals surface area contributed by atoms with Crippen LogP contribution >= 0.6 is 36.7 Å². The van der Waals surface area contributed by atoms with Crippen LogP contribution in [0.5, 0.6) is 0 Å². The third-order valence-electron chi connectivity index (χ3n) is 0. The molecule has 0 bridgehead atoms. The van der Waals surface area contributed by atoms with Gasteiger partial charge in [-0.2, -0.15) is 0 Å². The van der Waals surface area contributed by atoms with Crippen LogP contribution in [-0.4, -0.2) is 11.7 Å². The quantitative estimate of drug-likeness (QED) is 0.688. The Labute approximate surface area is 68.9 Å². The van der Waals surface area contributed by atoms with Crippen molar-refractivity contribution in [2.75, 3.05) is 6.61 Å². The van der Waals surface area contributed by atoms with E-state index < -0.39 is 14.7 Å². The van der Waals surface area contributed by atoms with Crippen LogP contribution < -0.4 is 0 Å². The van der Waals surface area contributed by atoms with Crippen molar-refractivity contribution >= 4 is 36.7 Å². The van der Waals surface area contributed by atoms with Gasteiger partial charge in [0, 0.05) is 6.61 Å². The minimum absolute atomic E-state index is 0.250. The zero-order valence-corrected chi connectivity index (χ0v) is 11.0. The molecule has 0 spiro atoms. The van der Waals surface area contributed by atoms with E-state index in [9.17, 15) is 0 Å². The molecular formula is C2H6Br3OZr. The molecule has 0 aliphatic carbocycles. The maximum absolute atomic E-state index is 7.57. The first-order chi connectivity index (χ1) is 3.15. The molecule has 0 aliphatic heterocycles. The van der Waals surface area contributed by atoms with E-state index in [0.717, 1.165) is 0 Å². The molecule has 0 aromatic rings. The van der Waals surface area contributed by atoms with E-state index in [1.807, 2.05) is 0 Å². The van der Waals surface area contributed by atoms with Crippen molar-refractivity contribution in [3.05, 3.63) is 0 Å². The van der Waals surface area contributed by atoms with Crippen LogP contribution in [0.3, 0.4) is 0 Å². The van der Waals surface area contributed by atoms with Crippen molar-refractivity contribution in [1.29, 1.82) is 0 Å². The first-order valence-electron chi connectivity index (χ1n) is 1.59. The zero-order chi connectivity index (χ0) is 6.28. The molecule has 1 N–H and O–H groups in total. The first-order valence-corrected chi connectivity index (χ1v) is 18.5. The van der Waals surface area contributed by atoms with Crippen LogP contribution in [0.2, 0.25) is 0 Å². The summed E-state index contributed by atoms with van der Waals surface area (Å²) in [6.45, 7) is 1.93. The van der Waals surface area contributed by atoms with Crippen LogP contribution in [0.15, 0.2) is 0 Å². The molecule has 0 atom stereocenters. The zero-order valence-electron chi connectivity index (χ0n) is 3.79. The van der Waals surface area contributed by atoms with Gasteiger partial charge in [0.05, 0.1) is 0 Å². The Morgan fingerprint density at radius 2 is 1.43 bits per heavy atom. The predicted octanol–water partition coefficient (Wildman–Crippen LogP) is 2.53. The molecule has 0 aromatic carbocycles. The van der Waals surface area contributed by atoms with Crippen LogP contribution in [0.4, 0.5) is 0 Å². The number of hydrogen-bond acceptors (Lipinski definition) is 1. The summed E-state index contributed by atoms with van der Waals surface area (Å²) >= 11 is 8.80. The Balaban J connectivity index is 0. The van der Waals surface area contributed by atoms with Gasteiger partial charge in [0.25, 0.3) is 0 Å². The van der Waals surface area contributed by atoms with Crippen LogP contribution in [0, 0.1) is 0 Å². The van der Waals surface area contributed by atoms with E-state index in [2.05, 4.69) is 36.7 Å². The molecular weight excluding hydrogens is 371 g/mol. The van der Waals surface area contributed by atoms with Gasteiger partial charge in [0.2, 0.25) is 0 Å². The average Bonchev–Trinajstić information content (AvgIpc) is 1.33. The third kappa shape index (κ3) is 62.7. The number of aliphatic hydroxyl groups excluding tert-OH is 1. The van der Waals surface area contributed by atoms with Gasteiger partial charge in [-0.15, -0.1) is 0 Å². The standard InChI is InChI=1S/C2H6O.3BrH.Zr/c1-2-3;;;;/h3H,2H2,1H3;3*1H;/q;;;;+3/p-3. The Morgan fingerprint density at radius 1 is 1.43 bits per heavy atom. The molecule has 5 heteroatoms. The summed E-state index contributed by atoms with van der Waals surface area (Å²) in [6.07, 6.45) is 0. The molecule has 0 unspecified atom stereocenters. The summed E-state index contributed by atoms with van der Waals surface area (Å²) in [5, 5.41) is 7.57. The molecule has 0 saturated heterocycles. The summed E-state index contributed by atoms with van der Waals surface area (Å²) in [4.78, 5) is 0. The van der Waals surface area contributed by atoms with E-state index in [-0.39, 0.29) is 6.61 Å². The molecule has 45 valence electrons. The van der Waals surface area contributed by atoms with Crippen molar-refractivity contribution in [3.8, 4) is 0 Å². The second kappa shape index (κ2) is 11.1. The Bertz CT molecular complexity index is 24.1. The fourth-order valence-corrected chi connectivity index (χ4v) is 0. The van der Waals surface area contributed by atoms with Gasteiger partial charge >= 0.3 is 51.4 Å². The second-order valence-electron chi connectivity index (χ2n) is 0.531. The summed E-state index contributed by atoms with van der Waals surface area (Å²) in [6, 6.07) is 0. The molecule has 0 saturated carbocycles. The third-order valence-corrected chi connectivity index (χ3v) is 0. The fourth-order valence-electron chi connectivity index (χ4n) is 0. The molecule has 0 radical (unpaired) electrons. The van der Waals surface area contributed by atoms with E-state index in [4.69, 9.17) is 5.11 Å². The van der Waals surface area contributed by atoms with Gasteiger partial charge in [-0.25, -0.2) is 0 Å². The molecule has 0 aromatic heterocycles. The Morgan fingerprint density at radius 3 is 1.43 bits per heavy atom. The van der Waals surface area contributed by atoms with Gasteiger partial charge in [0.1, 0.15) is 0 Å². The molecule has 0 heterocycles. The van der Waals surface area contributed by atoms with Gasteiger partial charge < -0.3 is 5.11 Å². The Kier molecular flexibility index (Phi) is 19.1. The van der Waals surface area contributed by atoms with Crippen LogP contribution in [0.1, 0.15) is 6.92 Å². The second-order valence-corrected chi connectivity index (χ2v) is 34.5. The van der Waals surface area contributed by atoms with Crippen molar-refractivity contribution in [1.82, 2.24) is 0 Å². The van der Waals surface area contributed by atoms with Crippen LogP contribution in [-0.2, 0) is 14.7 Å². The molecule has 0 fully saturated rings. The molecule has 0 rings (SSSR count). The van der Waals surface area contributed by atoms with Crippen LogP contribution in [0.25, 0.3) is 0 Å². The SMILES string of the molecule is CCO.[Br][Zr]([Br])[Br]. The maximum atomic E-state index is 7.57. The summed E-state index contributed by atoms with van der Waals surface area (Å²) in [7, 11) is 0. The average molecular weight is 377 g/mol. The van der Waals surface area contributed by atoms with E-state index in [0.29, 0.717) is 0 Å². The number of rotatable bonds is 0. The minimum atomic E-state index is -1.11. The number of halogens is 3. The number of hydrogen-bond donors (Lipinski definition) is 1. The molecule has 0 aliphatic rings. The van der Waals surface area contributed by atoms with E-state index >= 15 is 0 Å². The molecule has 0 amide bonds. The molecule has 1 nitrogen and oxygen atoms in total. The summed E-state index contributed by atoms with van der Waals surface area (Å²) in [5.74, 6) is 0. The fraction of sp³-hybridized carbons (Fsp3) is 1.00. The summed E-state index contributed by atoms with van der Waals surface area (Å²) in [5.41, 5.74) is 0. The number of aliphatic hydroxyl groups is 1. The van der Waals surface area contributed by atoms with Crippen molar-refractivity contribution < 1.29 is 19.8 Å². The normalized spacial score (nSPS) is 6.43. The summed E-state index contributed by atoms with van der Waals surface area (Å²) < 4.78 is 0. The molecule has 7 heavy (non-hydrogen) atoms. The monoisotopic (exact) mass is 373 g/mol. The van der Waals surface area contributed by atoms with Gasteiger partial charge in [-0.3, -0.25) is 0 Å². The Hall–Kier alpha value is 2.28. The predicted molar refractivity (Wildman–Crippen MR) is 39.5 cm³/mol. The van der Waals surface area contributed by atoms with Gasteiger partial charge in [-0.1, -0.05) is 0 Å². The van der Waals surface area contributed by atoms with Crippen molar-refractivity contribution in [3.63, 3.8) is 0 Å². The van der Waals surface area contributed by atoms with Gasteiger partial charge in [-0.05, 0) is 6.92 Å². The first kappa shape index (κ1) is 12.0. The van der Waals surface area contributed by atoms with Gasteiger partial charge in [0.15, 0.2) is 0 Å².